The summed E-state index contributed by atoms with van der Waals surface area (Å²) < 4.78 is 13.6. The molecule has 0 fully saturated rings. The van der Waals surface area contributed by atoms with Crippen molar-refractivity contribution in [3.8, 4) is 0 Å². The van der Waals surface area contributed by atoms with Crippen LogP contribution in [0.4, 0.5) is 4.39 Å². The van der Waals surface area contributed by atoms with Crippen LogP contribution < -0.4 is 0 Å². The lowest BCUT2D eigenvalue weighted by molar-refractivity contribution is 0.0783. The Morgan fingerprint density at radius 3 is 2.35 bits per heavy atom. The summed E-state index contributed by atoms with van der Waals surface area (Å²) in [6.07, 6.45) is 0. The summed E-state index contributed by atoms with van der Waals surface area (Å²) in [7, 11) is 1.68. The number of hydrogen-bond acceptors (Lipinski definition) is 1. The second kappa shape index (κ2) is 6.66. The predicted octanol–water partition coefficient (Wildman–Crippen LogP) is 3.99. The molecule has 2 rings (SSSR count). The number of halogens is 2. The zero-order valence-electron chi connectivity index (χ0n) is 11.1. The summed E-state index contributed by atoms with van der Waals surface area (Å²) in [6.45, 7) is 0.252. The van der Waals surface area contributed by atoms with Gasteiger partial charge in [0.15, 0.2) is 0 Å². The highest BCUT2D eigenvalue weighted by molar-refractivity contribution is 9.08. The van der Waals surface area contributed by atoms with Gasteiger partial charge in [-0.05, 0) is 17.7 Å². The highest BCUT2D eigenvalue weighted by atomic mass is 79.9. The molecule has 1 amide bonds. The molecular weight excluding hydrogens is 321 g/mol. The van der Waals surface area contributed by atoms with Crippen LogP contribution in [-0.2, 0) is 11.9 Å². The standard InChI is InChI=1S/C16H15BrFNO/c1-19(11-13-7-3-5-9-15(13)18)16(20)14-8-4-2-6-12(14)10-17/h2-9H,10-11H2,1H3. The molecular formula is C16H15BrFNO. The molecule has 2 aromatic carbocycles. The lowest BCUT2D eigenvalue weighted by atomic mass is 10.1. The van der Waals surface area contributed by atoms with Crippen molar-refractivity contribution in [1.29, 1.82) is 0 Å². The van der Waals surface area contributed by atoms with E-state index in [4.69, 9.17) is 0 Å². The molecule has 0 N–H and O–H groups in total. The molecule has 2 nitrogen and oxygen atoms in total. The number of hydrogen-bond donors (Lipinski definition) is 0. The van der Waals surface area contributed by atoms with E-state index in [1.165, 1.54) is 11.0 Å². The van der Waals surface area contributed by atoms with Gasteiger partial charge < -0.3 is 4.90 Å². The Morgan fingerprint density at radius 2 is 1.70 bits per heavy atom. The molecule has 0 saturated heterocycles. The van der Waals surface area contributed by atoms with E-state index in [0.717, 1.165) is 5.56 Å². The molecule has 0 aliphatic heterocycles. The first-order valence-electron chi connectivity index (χ1n) is 6.26. The quantitative estimate of drug-likeness (QED) is 0.773. The van der Waals surface area contributed by atoms with Gasteiger partial charge in [0.1, 0.15) is 5.82 Å². The molecule has 0 atom stereocenters. The molecule has 0 saturated carbocycles. The van der Waals surface area contributed by atoms with Crippen molar-refractivity contribution in [3.63, 3.8) is 0 Å². The molecule has 104 valence electrons. The van der Waals surface area contributed by atoms with Crippen LogP contribution in [0, 0.1) is 5.82 Å². The van der Waals surface area contributed by atoms with Crippen LogP contribution in [-0.4, -0.2) is 17.9 Å². The van der Waals surface area contributed by atoms with Gasteiger partial charge in [0.05, 0.1) is 0 Å². The zero-order valence-corrected chi connectivity index (χ0v) is 12.7. The maximum atomic E-state index is 13.6. The molecule has 0 aromatic heterocycles. The second-order valence-corrected chi connectivity index (χ2v) is 5.10. The van der Waals surface area contributed by atoms with Gasteiger partial charge >= 0.3 is 0 Å². The number of carbonyl (C=O) groups excluding carboxylic acids is 1. The molecule has 0 heterocycles. The molecule has 0 spiro atoms. The predicted molar refractivity (Wildman–Crippen MR) is 81.3 cm³/mol. The topological polar surface area (TPSA) is 20.3 Å². The summed E-state index contributed by atoms with van der Waals surface area (Å²) in [6, 6.07) is 13.9. The molecule has 0 unspecified atom stereocenters. The summed E-state index contributed by atoms with van der Waals surface area (Å²) in [5, 5.41) is 0.614. The average molecular weight is 336 g/mol. The van der Waals surface area contributed by atoms with E-state index in [9.17, 15) is 9.18 Å². The molecule has 20 heavy (non-hydrogen) atoms. The minimum atomic E-state index is -0.291. The van der Waals surface area contributed by atoms with Crippen molar-refractivity contribution in [1.82, 2.24) is 4.90 Å². The minimum Gasteiger partial charge on any atom is -0.337 e. The first kappa shape index (κ1) is 14.7. The van der Waals surface area contributed by atoms with Crippen molar-refractivity contribution in [2.24, 2.45) is 0 Å². The summed E-state index contributed by atoms with van der Waals surface area (Å²) in [5.74, 6) is -0.399. The fourth-order valence-electron chi connectivity index (χ4n) is 2.01. The van der Waals surface area contributed by atoms with Gasteiger partial charge in [0.2, 0.25) is 0 Å². The number of alkyl halides is 1. The van der Waals surface area contributed by atoms with Gasteiger partial charge in [-0.1, -0.05) is 52.3 Å². The van der Waals surface area contributed by atoms with Crippen LogP contribution in [0.2, 0.25) is 0 Å². The normalized spacial score (nSPS) is 10.3. The fourth-order valence-corrected chi connectivity index (χ4v) is 2.49. The summed E-state index contributed by atoms with van der Waals surface area (Å²) in [5.41, 5.74) is 2.08. The summed E-state index contributed by atoms with van der Waals surface area (Å²) in [4.78, 5) is 14.0. The number of carbonyl (C=O) groups is 1. The Kier molecular flexibility index (Phi) is 4.90. The lowest BCUT2D eigenvalue weighted by Crippen LogP contribution is -2.27. The van der Waals surface area contributed by atoms with Gasteiger partial charge in [-0.2, -0.15) is 0 Å². The van der Waals surface area contributed by atoms with E-state index >= 15 is 0 Å². The molecule has 0 aliphatic carbocycles. The number of benzene rings is 2. The third-order valence-electron chi connectivity index (χ3n) is 3.10. The average Bonchev–Trinajstić information content (AvgIpc) is 2.48. The van der Waals surface area contributed by atoms with Crippen LogP contribution in [0.3, 0.4) is 0 Å². The first-order valence-corrected chi connectivity index (χ1v) is 7.38. The third-order valence-corrected chi connectivity index (χ3v) is 3.71. The second-order valence-electron chi connectivity index (χ2n) is 4.54. The Labute approximate surface area is 126 Å². The van der Waals surface area contributed by atoms with Crippen LogP contribution in [0.1, 0.15) is 21.5 Å². The monoisotopic (exact) mass is 335 g/mol. The molecule has 4 heteroatoms. The van der Waals surface area contributed by atoms with E-state index < -0.39 is 0 Å². The minimum absolute atomic E-state index is 0.108. The van der Waals surface area contributed by atoms with Gasteiger partial charge in [-0.3, -0.25) is 4.79 Å². The Bertz CT molecular complexity index is 615. The van der Waals surface area contributed by atoms with Gasteiger partial charge in [-0.25, -0.2) is 4.39 Å². The summed E-state index contributed by atoms with van der Waals surface area (Å²) >= 11 is 3.37. The van der Waals surface area contributed by atoms with Crippen molar-refractivity contribution >= 4 is 21.8 Å². The van der Waals surface area contributed by atoms with E-state index in [2.05, 4.69) is 15.9 Å². The van der Waals surface area contributed by atoms with E-state index in [1.807, 2.05) is 18.2 Å². The zero-order chi connectivity index (χ0) is 14.5. The van der Waals surface area contributed by atoms with Crippen LogP contribution in [0.5, 0.6) is 0 Å². The number of nitrogens with zero attached hydrogens (tertiary/aromatic N) is 1. The van der Waals surface area contributed by atoms with Crippen molar-refractivity contribution in [2.75, 3.05) is 7.05 Å². The highest BCUT2D eigenvalue weighted by Crippen LogP contribution is 2.16. The highest BCUT2D eigenvalue weighted by Gasteiger charge is 2.16. The van der Waals surface area contributed by atoms with Crippen LogP contribution in [0.25, 0.3) is 0 Å². The van der Waals surface area contributed by atoms with Crippen LogP contribution in [0.15, 0.2) is 48.5 Å². The number of rotatable bonds is 4. The molecule has 0 aliphatic rings. The maximum Gasteiger partial charge on any atom is 0.254 e. The van der Waals surface area contributed by atoms with Crippen molar-refractivity contribution in [3.05, 3.63) is 71.0 Å². The fraction of sp³-hybridized carbons (Fsp3) is 0.188. The van der Waals surface area contributed by atoms with Crippen molar-refractivity contribution in [2.45, 2.75) is 11.9 Å². The molecule has 0 bridgehead atoms. The smallest absolute Gasteiger partial charge is 0.254 e. The Morgan fingerprint density at radius 1 is 1.10 bits per heavy atom. The van der Waals surface area contributed by atoms with Gasteiger partial charge in [0, 0.05) is 30.0 Å². The third kappa shape index (κ3) is 3.25. The maximum absolute atomic E-state index is 13.6. The Balaban J connectivity index is 2.19. The van der Waals surface area contributed by atoms with Crippen LogP contribution >= 0.6 is 15.9 Å². The van der Waals surface area contributed by atoms with Crippen molar-refractivity contribution < 1.29 is 9.18 Å². The van der Waals surface area contributed by atoms with Gasteiger partial charge in [0.25, 0.3) is 5.91 Å². The van der Waals surface area contributed by atoms with Gasteiger partial charge in [-0.15, -0.1) is 0 Å². The SMILES string of the molecule is CN(Cc1ccccc1F)C(=O)c1ccccc1CBr. The lowest BCUT2D eigenvalue weighted by Gasteiger charge is -2.19. The largest absolute Gasteiger partial charge is 0.337 e. The molecule has 0 radical (unpaired) electrons. The Hall–Kier alpha value is -1.68. The van der Waals surface area contributed by atoms with E-state index in [-0.39, 0.29) is 18.3 Å². The molecule has 2 aromatic rings. The van der Waals surface area contributed by atoms with E-state index in [1.54, 1.807) is 31.3 Å². The first-order chi connectivity index (χ1) is 9.63. The number of amides is 1. The van der Waals surface area contributed by atoms with E-state index in [0.29, 0.717) is 16.5 Å².